The molecule has 28 heavy (non-hydrogen) atoms. The number of rotatable bonds is 2. The molecule has 0 bridgehead atoms. The Bertz CT molecular complexity index is 702. The Kier molecular flexibility index (Phi) is 5.98. The first-order chi connectivity index (χ1) is 13.1. The zero-order valence-electron chi connectivity index (χ0n) is 16.8. The molecule has 6 nitrogen and oxygen atoms in total. The summed E-state index contributed by atoms with van der Waals surface area (Å²) >= 11 is 0. The van der Waals surface area contributed by atoms with E-state index in [1.54, 1.807) is 21.9 Å². The lowest BCUT2D eigenvalue weighted by Crippen LogP contribution is -2.58. The van der Waals surface area contributed by atoms with Gasteiger partial charge in [-0.2, -0.15) is 0 Å². The van der Waals surface area contributed by atoms with E-state index in [0.29, 0.717) is 50.5 Å². The summed E-state index contributed by atoms with van der Waals surface area (Å²) in [5.41, 5.74) is 5.82. The largest absolute Gasteiger partial charge is 0.444 e. The van der Waals surface area contributed by atoms with Crippen molar-refractivity contribution in [3.8, 4) is 0 Å². The number of nitrogens with two attached hydrogens (primary N) is 1. The average molecular weight is 396 g/mol. The third kappa shape index (κ3) is 4.84. The van der Waals surface area contributed by atoms with E-state index < -0.39 is 17.6 Å². The lowest BCUT2D eigenvalue weighted by Gasteiger charge is -2.44. The van der Waals surface area contributed by atoms with Crippen LogP contribution in [0.15, 0.2) is 18.2 Å². The van der Waals surface area contributed by atoms with Crippen LogP contribution < -0.4 is 10.6 Å². The summed E-state index contributed by atoms with van der Waals surface area (Å²) in [5, 5.41) is 0. The van der Waals surface area contributed by atoms with Crippen LogP contribution in [0.2, 0.25) is 0 Å². The van der Waals surface area contributed by atoms with E-state index in [4.69, 9.17) is 10.5 Å². The van der Waals surface area contributed by atoms with E-state index >= 15 is 0 Å². The first kappa shape index (κ1) is 20.6. The molecule has 0 unspecified atom stereocenters. The first-order valence-corrected chi connectivity index (χ1v) is 9.80. The van der Waals surface area contributed by atoms with Gasteiger partial charge in [0.15, 0.2) is 0 Å². The lowest BCUT2D eigenvalue weighted by atomic mass is 9.99. The number of amides is 1. The highest BCUT2D eigenvalue weighted by Crippen LogP contribution is 2.28. The quantitative estimate of drug-likeness (QED) is 0.779. The van der Waals surface area contributed by atoms with E-state index in [1.165, 1.54) is 6.07 Å². The highest BCUT2D eigenvalue weighted by molar-refractivity contribution is 5.68. The standard InChI is InChI=1S/C20H30F2N4O2/c1-20(2,3)28-19(27)25-10-8-24(9-11-25)18-6-7-26(13-16(18)22)17-5-4-14(23)12-15(17)21/h4-5,12,16,18H,6-11,13,23H2,1-3H3/t16-,18+/m1/s1. The molecule has 156 valence electrons. The number of ether oxygens (including phenoxy) is 1. The van der Waals surface area contributed by atoms with Gasteiger partial charge < -0.3 is 20.3 Å². The molecule has 3 rings (SSSR count). The van der Waals surface area contributed by atoms with Crippen molar-refractivity contribution in [2.45, 2.75) is 45.0 Å². The molecule has 2 aliphatic rings. The minimum Gasteiger partial charge on any atom is -0.444 e. The third-order valence-corrected chi connectivity index (χ3v) is 5.25. The Hall–Kier alpha value is -2.09. The summed E-state index contributed by atoms with van der Waals surface area (Å²) in [6.07, 6.45) is -0.798. The molecule has 0 aromatic heterocycles. The number of nitrogens with zero attached hydrogens (tertiary/aromatic N) is 3. The number of alkyl halides is 1. The minimum atomic E-state index is -1.08. The second-order valence-electron chi connectivity index (χ2n) is 8.53. The van der Waals surface area contributed by atoms with Crippen LogP contribution in [0.4, 0.5) is 25.0 Å². The Morgan fingerprint density at radius 3 is 2.43 bits per heavy atom. The van der Waals surface area contributed by atoms with Crippen molar-refractivity contribution in [2.75, 3.05) is 49.9 Å². The summed E-state index contributed by atoms with van der Waals surface area (Å²) in [4.78, 5) is 17.7. The van der Waals surface area contributed by atoms with Crippen LogP contribution in [-0.4, -0.2) is 73.0 Å². The number of anilines is 2. The summed E-state index contributed by atoms with van der Waals surface area (Å²) in [7, 11) is 0. The first-order valence-electron chi connectivity index (χ1n) is 9.80. The van der Waals surface area contributed by atoms with Crippen LogP contribution in [0.5, 0.6) is 0 Å². The van der Waals surface area contributed by atoms with Gasteiger partial charge in [0.05, 0.1) is 12.2 Å². The van der Waals surface area contributed by atoms with Gasteiger partial charge in [-0.05, 0) is 45.4 Å². The Balaban J connectivity index is 1.54. The number of hydrogen-bond acceptors (Lipinski definition) is 5. The Morgan fingerprint density at radius 2 is 1.86 bits per heavy atom. The fourth-order valence-electron chi connectivity index (χ4n) is 3.86. The van der Waals surface area contributed by atoms with Crippen LogP contribution in [0, 0.1) is 5.82 Å². The van der Waals surface area contributed by atoms with Gasteiger partial charge in [0.25, 0.3) is 0 Å². The maximum absolute atomic E-state index is 14.9. The maximum Gasteiger partial charge on any atom is 0.410 e. The van der Waals surface area contributed by atoms with Crippen LogP contribution in [0.3, 0.4) is 0 Å². The summed E-state index contributed by atoms with van der Waals surface area (Å²) in [6.45, 7) is 8.52. The molecule has 1 amide bonds. The fourth-order valence-corrected chi connectivity index (χ4v) is 3.86. The smallest absolute Gasteiger partial charge is 0.410 e. The van der Waals surface area contributed by atoms with Crippen LogP contribution in [0.25, 0.3) is 0 Å². The van der Waals surface area contributed by atoms with Crippen molar-refractivity contribution in [3.05, 3.63) is 24.0 Å². The topological polar surface area (TPSA) is 62.0 Å². The fraction of sp³-hybridized carbons (Fsp3) is 0.650. The van der Waals surface area contributed by atoms with Crippen LogP contribution in [-0.2, 0) is 4.74 Å². The molecular weight excluding hydrogens is 366 g/mol. The summed E-state index contributed by atoms with van der Waals surface area (Å²) in [5.74, 6) is -0.420. The molecule has 2 aliphatic heterocycles. The van der Waals surface area contributed by atoms with Gasteiger partial charge in [0, 0.05) is 44.5 Å². The SMILES string of the molecule is CC(C)(C)OC(=O)N1CCN([C@H]2CCN(c3ccc(N)cc3F)C[C@H]2F)CC1. The van der Waals surface area contributed by atoms with Crippen molar-refractivity contribution >= 4 is 17.5 Å². The monoisotopic (exact) mass is 396 g/mol. The number of hydrogen-bond donors (Lipinski definition) is 1. The molecule has 8 heteroatoms. The van der Waals surface area contributed by atoms with Gasteiger partial charge in [0.1, 0.15) is 17.6 Å². The van der Waals surface area contributed by atoms with Gasteiger partial charge in [-0.15, -0.1) is 0 Å². The third-order valence-electron chi connectivity index (χ3n) is 5.25. The highest BCUT2D eigenvalue weighted by atomic mass is 19.1. The molecule has 0 radical (unpaired) electrons. The molecule has 0 saturated carbocycles. The number of piperazine rings is 1. The van der Waals surface area contributed by atoms with Gasteiger partial charge >= 0.3 is 6.09 Å². The normalized spacial score (nSPS) is 24.3. The molecule has 1 aromatic carbocycles. The molecule has 1 aromatic rings. The average Bonchev–Trinajstić information content (AvgIpc) is 2.60. The van der Waals surface area contributed by atoms with E-state index in [0.717, 1.165) is 0 Å². The summed E-state index contributed by atoms with van der Waals surface area (Å²) in [6, 6.07) is 4.30. The number of nitrogen functional groups attached to an aromatic ring is 1. The molecule has 2 heterocycles. The zero-order valence-corrected chi connectivity index (χ0v) is 16.8. The predicted molar refractivity (Wildman–Crippen MR) is 106 cm³/mol. The zero-order chi connectivity index (χ0) is 20.5. The molecule has 0 aliphatic carbocycles. The van der Waals surface area contributed by atoms with E-state index in [2.05, 4.69) is 4.90 Å². The summed E-state index contributed by atoms with van der Waals surface area (Å²) < 4.78 is 34.5. The predicted octanol–water partition coefficient (Wildman–Crippen LogP) is 2.88. The molecular formula is C20H30F2N4O2. The van der Waals surface area contributed by atoms with Crippen molar-refractivity contribution in [1.82, 2.24) is 9.80 Å². The number of piperidine rings is 1. The van der Waals surface area contributed by atoms with Crippen molar-refractivity contribution in [1.29, 1.82) is 0 Å². The molecule has 2 N–H and O–H groups in total. The van der Waals surface area contributed by atoms with E-state index in [9.17, 15) is 13.6 Å². The number of halogens is 2. The molecule has 2 fully saturated rings. The number of carbonyl (C=O) groups excluding carboxylic acids is 1. The van der Waals surface area contributed by atoms with E-state index in [1.807, 2.05) is 20.8 Å². The molecule has 2 atom stereocenters. The lowest BCUT2D eigenvalue weighted by molar-refractivity contribution is 0.00248. The Morgan fingerprint density at radius 1 is 1.18 bits per heavy atom. The van der Waals surface area contributed by atoms with Crippen molar-refractivity contribution < 1.29 is 18.3 Å². The highest BCUT2D eigenvalue weighted by Gasteiger charge is 2.36. The number of benzene rings is 1. The second-order valence-corrected chi connectivity index (χ2v) is 8.53. The van der Waals surface area contributed by atoms with Gasteiger partial charge in [-0.1, -0.05) is 0 Å². The molecule has 0 spiro atoms. The second kappa shape index (κ2) is 8.11. The van der Waals surface area contributed by atoms with Gasteiger partial charge in [0.2, 0.25) is 0 Å². The van der Waals surface area contributed by atoms with Gasteiger partial charge in [-0.3, -0.25) is 4.90 Å². The van der Waals surface area contributed by atoms with Gasteiger partial charge in [-0.25, -0.2) is 13.6 Å². The van der Waals surface area contributed by atoms with Crippen LogP contribution >= 0.6 is 0 Å². The minimum absolute atomic E-state index is 0.151. The van der Waals surface area contributed by atoms with Crippen molar-refractivity contribution in [2.24, 2.45) is 0 Å². The maximum atomic E-state index is 14.9. The van der Waals surface area contributed by atoms with Crippen molar-refractivity contribution in [3.63, 3.8) is 0 Å². The van der Waals surface area contributed by atoms with Crippen LogP contribution in [0.1, 0.15) is 27.2 Å². The Labute approximate surface area is 165 Å². The van der Waals surface area contributed by atoms with E-state index in [-0.39, 0.29) is 18.7 Å². The molecule has 2 saturated heterocycles. The number of carbonyl (C=O) groups is 1.